The summed E-state index contributed by atoms with van der Waals surface area (Å²) in [6.45, 7) is 1.70. The molecule has 1 atom stereocenters. The third-order valence-corrected chi connectivity index (χ3v) is 6.85. The van der Waals surface area contributed by atoms with Gasteiger partial charge >= 0.3 is 0 Å². The lowest BCUT2D eigenvalue weighted by Gasteiger charge is -2.33. The van der Waals surface area contributed by atoms with Gasteiger partial charge in [0.15, 0.2) is 0 Å². The monoisotopic (exact) mass is 406 g/mol. The maximum absolute atomic E-state index is 13.4. The van der Waals surface area contributed by atoms with Gasteiger partial charge in [0, 0.05) is 23.8 Å². The third kappa shape index (κ3) is 4.24. The van der Waals surface area contributed by atoms with E-state index < -0.39 is 22.0 Å². The molecule has 8 heteroatoms. The van der Waals surface area contributed by atoms with Crippen molar-refractivity contribution in [2.45, 2.75) is 37.1 Å². The van der Waals surface area contributed by atoms with Gasteiger partial charge < -0.3 is 10.4 Å². The SMILES string of the molecule is Cc1cc(NC(=O)c2cccc(S(=O)(=O)N3CCCCC3CO)c2)ccc1F. The fraction of sp³-hybridized carbons (Fsp3) is 0.350. The normalized spacial score (nSPS) is 18.0. The van der Waals surface area contributed by atoms with Crippen LogP contribution in [0.5, 0.6) is 0 Å². The highest BCUT2D eigenvalue weighted by Crippen LogP contribution is 2.26. The highest BCUT2D eigenvalue weighted by atomic mass is 32.2. The lowest BCUT2D eigenvalue weighted by Crippen LogP contribution is -2.45. The van der Waals surface area contributed by atoms with E-state index in [0.29, 0.717) is 24.2 Å². The van der Waals surface area contributed by atoms with E-state index in [4.69, 9.17) is 0 Å². The largest absolute Gasteiger partial charge is 0.395 e. The first-order chi connectivity index (χ1) is 13.3. The Hall–Kier alpha value is -2.29. The molecule has 150 valence electrons. The van der Waals surface area contributed by atoms with Crippen molar-refractivity contribution < 1.29 is 22.7 Å². The number of aliphatic hydroxyl groups is 1. The Bertz CT molecular complexity index is 978. The highest BCUT2D eigenvalue weighted by Gasteiger charge is 2.33. The average molecular weight is 406 g/mol. The number of amides is 1. The molecule has 6 nitrogen and oxygen atoms in total. The van der Waals surface area contributed by atoms with Crippen molar-refractivity contribution in [3.05, 3.63) is 59.4 Å². The van der Waals surface area contributed by atoms with Crippen molar-refractivity contribution in [2.75, 3.05) is 18.5 Å². The van der Waals surface area contributed by atoms with Crippen molar-refractivity contribution in [3.63, 3.8) is 0 Å². The Balaban J connectivity index is 1.84. The van der Waals surface area contributed by atoms with Crippen LogP contribution in [0.25, 0.3) is 0 Å². The number of rotatable bonds is 5. The summed E-state index contributed by atoms with van der Waals surface area (Å²) in [7, 11) is -3.82. The first-order valence-corrected chi connectivity index (χ1v) is 10.6. The predicted molar refractivity (Wildman–Crippen MR) is 104 cm³/mol. The molecule has 0 radical (unpaired) electrons. The van der Waals surface area contributed by atoms with Crippen molar-refractivity contribution >= 4 is 21.6 Å². The van der Waals surface area contributed by atoms with E-state index in [-0.39, 0.29) is 22.9 Å². The van der Waals surface area contributed by atoms with Crippen molar-refractivity contribution in [2.24, 2.45) is 0 Å². The van der Waals surface area contributed by atoms with Crippen LogP contribution in [0, 0.1) is 12.7 Å². The molecule has 1 aliphatic rings. The second-order valence-corrected chi connectivity index (χ2v) is 8.78. The maximum atomic E-state index is 13.4. The zero-order chi connectivity index (χ0) is 20.3. The van der Waals surface area contributed by atoms with Crippen LogP contribution in [-0.4, -0.2) is 42.9 Å². The van der Waals surface area contributed by atoms with Crippen molar-refractivity contribution in [1.29, 1.82) is 0 Å². The first kappa shape index (κ1) is 20.4. The number of hydrogen-bond acceptors (Lipinski definition) is 4. The van der Waals surface area contributed by atoms with Crippen molar-refractivity contribution in [3.8, 4) is 0 Å². The Morgan fingerprint density at radius 1 is 1.25 bits per heavy atom. The number of benzene rings is 2. The number of piperidine rings is 1. The number of carbonyl (C=O) groups is 1. The summed E-state index contributed by atoms with van der Waals surface area (Å²) in [5.41, 5.74) is 1.00. The van der Waals surface area contributed by atoms with E-state index >= 15 is 0 Å². The average Bonchev–Trinajstić information content (AvgIpc) is 2.70. The number of nitrogens with zero attached hydrogens (tertiary/aromatic N) is 1. The van der Waals surface area contributed by atoms with Crippen LogP contribution >= 0.6 is 0 Å². The quantitative estimate of drug-likeness (QED) is 0.799. The van der Waals surface area contributed by atoms with Gasteiger partial charge in [0.1, 0.15) is 5.82 Å². The third-order valence-electron chi connectivity index (χ3n) is 4.90. The van der Waals surface area contributed by atoms with Gasteiger partial charge in [-0.2, -0.15) is 4.31 Å². The van der Waals surface area contributed by atoms with E-state index in [0.717, 1.165) is 12.8 Å². The molecule has 0 bridgehead atoms. The van der Waals surface area contributed by atoms with Crippen LogP contribution in [0.1, 0.15) is 35.2 Å². The van der Waals surface area contributed by atoms with Gasteiger partial charge in [-0.1, -0.05) is 12.5 Å². The molecule has 1 fully saturated rings. The summed E-state index contributed by atoms with van der Waals surface area (Å²) >= 11 is 0. The number of anilines is 1. The molecule has 2 aromatic carbocycles. The van der Waals surface area contributed by atoms with Crippen LogP contribution in [0.4, 0.5) is 10.1 Å². The van der Waals surface area contributed by atoms with Gasteiger partial charge in [-0.25, -0.2) is 12.8 Å². The highest BCUT2D eigenvalue weighted by molar-refractivity contribution is 7.89. The fourth-order valence-electron chi connectivity index (χ4n) is 3.33. The molecular formula is C20H23FN2O4S. The molecule has 1 heterocycles. The Morgan fingerprint density at radius 3 is 2.75 bits per heavy atom. The number of carbonyl (C=O) groups excluding carboxylic acids is 1. The standard InChI is InChI=1S/C20H23FN2O4S/c1-14-11-16(8-9-19(14)21)22-20(25)15-5-4-7-18(12-15)28(26,27)23-10-3-2-6-17(23)13-24/h4-5,7-9,11-12,17,24H,2-3,6,10,13H2,1H3,(H,22,25). The molecule has 2 aromatic rings. The molecule has 3 rings (SSSR count). The molecule has 0 saturated carbocycles. The lowest BCUT2D eigenvalue weighted by atomic mass is 10.1. The van der Waals surface area contributed by atoms with E-state index in [2.05, 4.69) is 5.32 Å². The number of aryl methyl sites for hydroxylation is 1. The maximum Gasteiger partial charge on any atom is 0.255 e. The van der Waals surface area contributed by atoms with Crippen LogP contribution in [-0.2, 0) is 10.0 Å². The topological polar surface area (TPSA) is 86.7 Å². The zero-order valence-corrected chi connectivity index (χ0v) is 16.4. The van der Waals surface area contributed by atoms with E-state index in [1.165, 1.54) is 46.8 Å². The molecule has 1 unspecified atom stereocenters. The van der Waals surface area contributed by atoms with Gasteiger partial charge in [-0.15, -0.1) is 0 Å². The lowest BCUT2D eigenvalue weighted by molar-refractivity contribution is 0.102. The van der Waals surface area contributed by atoms with Crippen molar-refractivity contribution in [1.82, 2.24) is 4.31 Å². The molecule has 1 aliphatic heterocycles. The molecule has 0 spiro atoms. The summed E-state index contributed by atoms with van der Waals surface area (Å²) in [6, 6.07) is 9.56. The number of aliphatic hydroxyl groups excluding tert-OH is 1. The number of halogens is 1. The summed E-state index contributed by atoms with van der Waals surface area (Å²) in [5.74, 6) is -0.855. The minimum Gasteiger partial charge on any atom is -0.395 e. The number of nitrogens with one attached hydrogen (secondary N) is 1. The summed E-state index contributed by atoms with van der Waals surface area (Å²) in [5, 5.41) is 12.2. The zero-order valence-electron chi connectivity index (χ0n) is 15.6. The molecule has 0 aliphatic carbocycles. The predicted octanol–water partition coefficient (Wildman–Crippen LogP) is 2.92. The Labute approximate surface area is 164 Å². The van der Waals surface area contributed by atoms with Gasteiger partial charge in [0.05, 0.1) is 11.5 Å². The van der Waals surface area contributed by atoms with E-state index in [1.54, 1.807) is 6.92 Å². The smallest absolute Gasteiger partial charge is 0.255 e. The molecule has 1 saturated heterocycles. The second kappa shape index (κ2) is 8.38. The summed E-state index contributed by atoms with van der Waals surface area (Å²) in [6.07, 6.45) is 2.22. The number of hydrogen-bond donors (Lipinski definition) is 2. The van der Waals surface area contributed by atoms with E-state index in [1.807, 2.05) is 0 Å². The molecule has 2 N–H and O–H groups in total. The minimum absolute atomic E-state index is 0.00999. The molecule has 0 aromatic heterocycles. The van der Waals surface area contributed by atoms with Gasteiger partial charge in [-0.3, -0.25) is 4.79 Å². The van der Waals surface area contributed by atoms with Crippen LogP contribution in [0.3, 0.4) is 0 Å². The fourth-order valence-corrected chi connectivity index (χ4v) is 5.06. The number of sulfonamides is 1. The second-order valence-electron chi connectivity index (χ2n) is 6.89. The molecule has 1 amide bonds. The van der Waals surface area contributed by atoms with Crippen LogP contribution < -0.4 is 5.32 Å². The van der Waals surface area contributed by atoms with Crippen LogP contribution in [0.15, 0.2) is 47.4 Å². The summed E-state index contributed by atoms with van der Waals surface area (Å²) < 4.78 is 40.7. The molecular weight excluding hydrogens is 383 g/mol. The Kier molecular flexibility index (Phi) is 6.12. The van der Waals surface area contributed by atoms with Gasteiger partial charge in [0.2, 0.25) is 10.0 Å². The minimum atomic E-state index is -3.82. The van der Waals surface area contributed by atoms with E-state index in [9.17, 15) is 22.7 Å². The van der Waals surface area contributed by atoms with Crippen LogP contribution in [0.2, 0.25) is 0 Å². The van der Waals surface area contributed by atoms with Gasteiger partial charge in [0.25, 0.3) is 5.91 Å². The Morgan fingerprint density at radius 2 is 2.04 bits per heavy atom. The first-order valence-electron chi connectivity index (χ1n) is 9.13. The molecule has 28 heavy (non-hydrogen) atoms. The summed E-state index contributed by atoms with van der Waals surface area (Å²) in [4.78, 5) is 12.5. The van der Waals surface area contributed by atoms with Gasteiger partial charge in [-0.05, 0) is 61.7 Å².